The summed E-state index contributed by atoms with van der Waals surface area (Å²) in [6, 6.07) is 0. The molecule has 0 radical (unpaired) electrons. The number of carbonyl (C=O) groups is 1. The minimum atomic E-state index is -0.110. The number of rotatable bonds is 5. The maximum atomic E-state index is 10.9. The summed E-state index contributed by atoms with van der Waals surface area (Å²) in [5, 5.41) is 0.366. The molecule has 0 saturated carbocycles. The topological polar surface area (TPSA) is 26.3 Å². The second kappa shape index (κ2) is 6.33. The van der Waals surface area contributed by atoms with Gasteiger partial charge in [-0.2, -0.15) is 11.8 Å². The molecular formula is C11H22O2S. The lowest BCUT2D eigenvalue weighted by Crippen LogP contribution is -2.11. The fourth-order valence-corrected chi connectivity index (χ4v) is 2.33. The number of hydrogen-bond donors (Lipinski definition) is 0. The molecule has 0 aromatic heterocycles. The Morgan fingerprint density at radius 1 is 1.43 bits per heavy atom. The van der Waals surface area contributed by atoms with E-state index in [1.54, 1.807) is 0 Å². The molecule has 1 atom stereocenters. The van der Waals surface area contributed by atoms with Crippen molar-refractivity contribution in [2.24, 2.45) is 5.41 Å². The third-order valence-electron chi connectivity index (χ3n) is 1.94. The summed E-state index contributed by atoms with van der Waals surface area (Å²) in [5.41, 5.74) is 0.387. The van der Waals surface area contributed by atoms with Gasteiger partial charge in [0.05, 0.1) is 13.5 Å². The van der Waals surface area contributed by atoms with Crippen molar-refractivity contribution < 1.29 is 9.53 Å². The van der Waals surface area contributed by atoms with Crippen LogP contribution in [0.5, 0.6) is 0 Å². The van der Waals surface area contributed by atoms with Crippen LogP contribution in [0.2, 0.25) is 0 Å². The minimum absolute atomic E-state index is 0.110. The molecule has 14 heavy (non-hydrogen) atoms. The van der Waals surface area contributed by atoms with Crippen LogP contribution in [0, 0.1) is 5.41 Å². The van der Waals surface area contributed by atoms with Gasteiger partial charge in [0.15, 0.2) is 0 Å². The average molecular weight is 218 g/mol. The highest BCUT2D eigenvalue weighted by molar-refractivity contribution is 7.99. The summed E-state index contributed by atoms with van der Waals surface area (Å²) >= 11 is 1.85. The first-order valence-electron chi connectivity index (χ1n) is 5.03. The molecule has 0 aromatic rings. The molecule has 0 fully saturated rings. The first-order chi connectivity index (χ1) is 6.35. The Bertz CT molecular complexity index is 173. The summed E-state index contributed by atoms with van der Waals surface area (Å²) in [7, 11) is 1.44. The van der Waals surface area contributed by atoms with E-state index in [-0.39, 0.29) is 5.97 Å². The third-order valence-corrected chi connectivity index (χ3v) is 3.11. The largest absolute Gasteiger partial charge is 0.469 e. The van der Waals surface area contributed by atoms with E-state index in [0.717, 1.165) is 5.75 Å². The zero-order valence-corrected chi connectivity index (χ0v) is 10.7. The molecule has 1 unspecified atom stereocenters. The van der Waals surface area contributed by atoms with Crippen LogP contribution in [0.3, 0.4) is 0 Å². The Kier molecular flexibility index (Phi) is 6.25. The Hall–Kier alpha value is -0.180. The second-order valence-electron chi connectivity index (χ2n) is 4.77. The molecule has 84 valence electrons. The maximum Gasteiger partial charge on any atom is 0.306 e. The number of methoxy groups -OCH3 is 1. The Balaban J connectivity index is 3.54. The normalized spacial score (nSPS) is 13.8. The summed E-state index contributed by atoms with van der Waals surface area (Å²) < 4.78 is 4.62. The Labute approximate surface area is 91.8 Å². The molecule has 3 heteroatoms. The number of thioether (sulfide) groups is 1. The van der Waals surface area contributed by atoms with Gasteiger partial charge in [-0.3, -0.25) is 4.79 Å². The van der Waals surface area contributed by atoms with Crippen molar-refractivity contribution >= 4 is 17.7 Å². The maximum absolute atomic E-state index is 10.9. The van der Waals surface area contributed by atoms with Crippen molar-refractivity contribution in [1.29, 1.82) is 0 Å². The van der Waals surface area contributed by atoms with E-state index in [1.165, 1.54) is 13.5 Å². The number of esters is 1. The van der Waals surface area contributed by atoms with Gasteiger partial charge >= 0.3 is 5.97 Å². The van der Waals surface area contributed by atoms with Gasteiger partial charge in [0.1, 0.15) is 0 Å². The van der Waals surface area contributed by atoms with E-state index in [9.17, 15) is 4.79 Å². The van der Waals surface area contributed by atoms with E-state index in [1.807, 2.05) is 11.8 Å². The van der Waals surface area contributed by atoms with Crippen LogP contribution in [0.25, 0.3) is 0 Å². The van der Waals surface area contributed by atoms with Crippen LogP contribution in [-0.4, -0.2) is 24.1 Å². The zero-order chi connectivity index (χ0) is 11.2. The van der Waals surface area contributed by atoms with Crippen LogP contribution in [0.15, 0.2) is 0 Å². The predicted molar refractivity (Wildman–Crippen MR) is 62.6 cm³/mol. The first-order valence-corrected chi connectivity index (χ1v) is 6.08. The van der Waals surface area contributed by atoms with Crippen LogP contribution < -0.4 is 0 Å². The number of ether oxygens (including phenoxy) is 1. The van der Waals surface area contributed by atoms with Crippen LogP contribution in [0.1, 0.15) is 40.5 Å². The van der Waals surface area contributed by atoms with Crippen molar-refractivity contribution in [3.05, 3.63) is 0 Å². The minimum Gasteiger partial charge on any atom is -0.469 e. The molecular weight excluding hydrogens is 196 g/mol. The highest BCUT2D eigenvalue weighted by atomic mass is 32.2. The summed E-state index contributed by atoms with van der Waals surface area (Å²) in [4.78, 5) is 10.9. The van der Waals surface area contributed by atoms with Crippen molar-refractivity contribution in [3.63, 3.8) is 0 Å². The van der Waals surface area contributed by atoms with Gasteiger partial charge in [-0.05, 0) is 17.6 Å². The lowest BCUT2D eigenvalue weighted by Gasteiger charge is -2.18. The summed E-state index contributed by atoms with van der Waals surface area (Å²) in [5.74, 6) is 1.00. The smallest absolute Gasteiger partial charge is 0.306 e. The van der Waals surface area contributed by atoms with E-state index >= 15 is 0 Å². The van der Waals surface area contributed by atoms with E-state index in [4.69, 9.17) is 0 Å². The van der Waals surface area contributed by atoms with Gasteiger partial charge in [0.2, 0.25) is 0 Å². The monoisotopic (exact) mass is 218 g/mol. The van der Waals surface area contributed by atoms with Crippen LogP contribution in [-0.2, 0) is 9.53 Å². The Morgan fingerprint density at radius 2 is 2.00 bits per heavy atom. The molecule has 0 aliphatic heterocycles. The van der Waals surface area contributed by atoms with E-state index in [0.29, 0.717) is 17.1 Å². The molecule has 0 N–H and O–H groups in total. The quantitative estimate of drug-likeness (QED) is 0.663. The van der Waals surface area contributed by atoms with Gasteiger partial charge in [0.25, 0.3) is 0 Å². The standard InChI is InChI=1S/C11H22O2S/c1-9(8-10(12)13-5)14-7-6-11(2,3)4/h9H,6-8H2,1-5H3. The zero-order valence-electron chi connectivity index (χ0n) is 9.92. The second-order valence-corrected chi connectivity index (χ2v) is 6.32. The summed E-state index contributed by atoms with van der Waals surface area (Å²) in [6.07, 6.45) is 1.70. The highest BCUT2D eigenvalue weighted by Gasteiger charge is 2.13. The number of carbonyl (C=O) groups excluding carboxylic acids is 1. The fourth-order valence-electron chi connectivity index (χ4n) is 0.943. The van der Waals surface area contributed by atoms with Crippen molar-refractivity contribution in [3.8, 4) is 0 Å². The molecule has 0 bridgehead atoms. The molecule has 0 saturated heterocycles. The van der Waals surface area contributed by atoms with Gasteiger partial charge in [-0.1, -0.05) is 27.7 Å². The molecule has 0 aliphatic carbocycles. The molecule has 2 nitrogen and oxygen atoms in total. The van der Waals surface area contributed by atoms with Crippen molar-refractivity contribution in [1.82, 2.24) is 0 Å². The molecule has 0 aliphatic rings. The molecule has 0 rings (SSSR count). The lowest BCUT2D eigenvalue weighted by molar-refractivity contribution is -0.140. The van der Waals surface area contributed by atoms with Crippen LogP contribution in [0.4, 0.5) is 0 Å². The van der Waals surface area contributed by atoms with E-state index < -0.39 is 0 Å². The molecule has 0 amide bonds. The number of hydrogen-bond acceptors (Lipinski definition) is 3. The molecule has 0 aromatic carbocycles. The van der Waals surface area contributed by atoms with Gasteiger partial charge in [0, 0.05) is 5.25 Å². The van der Waals surface area contributed by atoms with Gasteiger partial charge in [-0.15, -0.1) is 0 Å². The molecule has 0 spiro atoms. The summed E-state index contributed by atoms with van der Waals surface area (Å²) in [6.45, 7) is 8.78. The van der Waals surface area contributed by atoms with Crippen molar-refractivity contribution in [2.45, 2.75) is 45.8 Å². The van der Waals surface area contributed by atoms with Crippen LogP contribution >= 0.6 is 11.8 Å². The van der Waals surface area contributed by atoms with Gasteiger partial charge < -0.3 is 4.74 Å². The lowest BCUT2D eigenvalue weighted by atomic mass is 9.94. The SMILES string of the molecule is COC(=O)CC(C)SCCC(C)(C)C. The average Bonchev–Trinajstić information content (AvgIpc) is 2.01. The molecule has 0 heterocycles. The van der Waals surface area contributed by atoms with Crippen molar-refractivity contribution in [2.75, 3.05) is 12.9 Å². The predicted octanol–water partition coefficient (Wildman–Crippen LogP) is 3.11. The third kappa shape index (κ3) is 8.42. The Morgan fingerprint density at radius 3 is 2.43 bits per heavy atom. The van der Waals surface area contributed by atoms with Gasteiger partial charge in [-0.25, -0.2) is 0 Å². The highest BCUT2D eigenvalue weighted by Crippen LogP contribution is 2.24. The fraction of sp³-hybridized carbons (Fsp3) is 0.909. The van der Waals surface area contributed by atoms with E-state index in [2.05, 4.69) is 32.4 Å². The first kappa shape index (κ1) is 13.8.